The fourth-order valence-corrected chi connectivity index (χ4v) is 3.15. The second-order valence-electron chi connectivity index (χ2n) is 6.68. The van der Waals surface area contributed by atoms with Crippen molar-refractivity contribution in [2.24, 2.45) is 5.10 Å². The Kier molecular flexibility index (Phi) is 9.12. The number of ether oxygens (including phenoxy) is 4. The summed E-state index contributed by atoms with van der Waals surface area (Å²) in [6.45, 7) is 12.4. The fraction of sp³-hybridized carbons (Fsp3) is 0.435. The number of amides is 1. The number of rotatable bonds is 11. The van der Waals surface area contributed by atoms with Crippen LogP contribution in [-0.2, 0) is 4.74 Å². The number of aryl methyl sites for hydroxylation is 1. The fourth-order valence-electron chi connectivity index (χ4n) is 3.15. The van der Waals surface area contributed by atoms with Crippen molar-refractivity contribution in [3.8, 4) is 17.2 Å². The van der Waals surface area contributed by atoms with Crippen molar-refractivity contribution in [1.82, 2.24) is 10.4 Å². The number of aromatic amines is 1. The number of benzene rings is 1. The summed E-state index contributed by atoms with van der Waals surface area (Å²) in [5.74, 6) is 0.454. The van der Waals surface area contributed by atoms with Crippen LogP contribution < -0.4 is 19.6 Å². The molecule has 0 fully saturated rings. The smallest absolute Gasteiger partial charge is 0.340 e. The number of esters is 1. The molecule has 1 amide bonds. The normalized spacial score (nSPS) is 10.8. The minimum Gasteiger partial charge on any atom is -0.490 e. The van der Waals surface area contributed by atoms with Crippen LogP contribution in [-0.4, -0.2) is 49.5 Å². The van der Waals surface area contributed by atoms with Crippen molar-refractivity contribution in [2.75, 3.05) is 26.4 Å². The molecular weight excluding hydrogens is 414 g/mol. The average Bonchev–Trinajstić information content (AvgIpc) is 3.03. The molecule has 174 valence electrons. The largest absolute Gasteiger partial charge is 0.490 e. The van der Waals surface area contributed by atoms with Crippen LogP contribution in [0.3, 0.4) is 0 Å². The van der Waals surface area contributed by atoms with Gasteiger partial charge < -0.3 is 23.9 Å². The van der Waals surface area contributed by atoms with E-state index in [0.29, 0.717) is 65.1 Å². The highest BCUT2D eigenvalue weighted by Crippen LogP contribution is 2.39. The monoisotopic (exact) mass is 445 g/mol. The molecule has 2 N–H and O–H groups in total. The van der Waals surface area contributed by atoms with Gasteiger partial charge in [-0.3, -0.25) is 4.79 Å². The minimum atomic E-state index is -0.447. The molecule has 1 heterocycles. The third-order valence-corrected chi connectivity index (χ3v) is 4.49. The number of H-pyrrole nitrogens is 1. The van der Waals surface area contributed by atoms with E-state index in [1.807, 2.05) is 20.8 Å². The van der Waals surface area contributed by atoms with E-state index in [-0.39, 0.29) is 6.61 Å². The van der Waals surface area contributed by atoms with Crippen LogP contribution in [0.15, 0.2) is 17.2 Å². The number of nitrogens with zero attached hydrogens (tertiary/aromatic N) is 1. The highest BCUT2D eigenvalue weighted by atomic mass is 16.5. The van der Waals surface area contributed by atoms with Gasteiger partial charge in [0.1, 0.15) is 0 Å². The molecule has 9 heteroatoms. The summed E-state index contributed by atoms with van der Waals surface area (Å²) in [5.41, 5.74) is 5.23. The molecule has 0 aliphatic carbocycles. The zero-order valence-electron chi connectivity index (χ0n) is 19.5. The Labute approximate surface area is 188 Å². The van der Waals surface area contributed by atoms with Crippen LogP contribution in [0.5, 0.6) is 17.2 Å². The lowest BCUT2D eigenvalue weighted by Crippen LogP contribution is -2.18. The number of carbonyl (C=O) groups is 2. The van der Waals surface area contributed by atoms with Gasteiger partial charge >= 0.3 is 5.97 Å². The molecular formula is C23H31N3O6. The summed E-state index contributed by atoms with van der Waals surface area (Å²) >= 11 is 0. The first-order chi connectivity index (χ1) is 15.4. The summed E-state index contributed by atoms with van der Waals surface area (Å²) < 4.78 is 22.0. The van der Waals surface area contributed by atoms with E-state index in [0.717, 1.165) is 0 Å². The van der Waals surface area contributed by atoms with Crippen molar-refractivity contribution in [1.29, 1.82) is 0 Å². The zero-order chi connectivity index (χ0) is 23.7. The molecule has 0 aliphatic heterocycles. The molecule has 0 atom stereocenters. The highest BCUT2D eigenvalue weighted by molar-refractivity contribution is 5.98. The summed E-state index contributed by atoms with van der Waals surface area (Å²) in [4.78, 5) is 27.9. The van der Waals surface area contributed by atoms with Crippen molar-refractivity contribution >= 4 is 18.1 Å². The van der Waals surface area contributed by atoms with Gasteiger partial charge in [0, 0.05) is 11.3 Å². The number of aromatic nitrogens is 1. The van der Waals surface area contributed by atoms with Gasteiger partial charge in [0.25, 0.3) is 5.91 Å². The maximum absolute atomic E-state index is 12.7. The Balaban J connectivity index is 2.25. The summed E-state index contributed by atoms with van der Waals surface area (Å²) in [7, 11) is 0. The maximum Gasteiger partial charge on any atom is 0.340 e. The lowest BCUT2D eigenvalue weighted by molar-refractivity contribution is 0.0524. The average molecular weight is 446 g/mol. The van der Waals surface area contributed by atoms with Gasteiger partial charge in [0.2, 0.25) is 5.75 Å². The number of hydrogen-bond acceptors (Lipinski definition) is 7. The Hall–Kier alpha value is -3.49. The van der Waals surface area contributed by atoms with Gasteiger partial charge in [0.15, 0.2) is 11.5 Å². The lowest BCUT2D eigenvalue weighted by Gasteiger charge is -2.16. The van der Waals surface area contributed by atoms with Crippen LogP contribution in [0.1, 0.15) is 65.4 Å². The number of hydrogen-bond donors (Lipinski definition) is 2. The van der Waals surface area contributed by atoms with Crippen molar-refractivity contribution in [3.63, 3.8) is 0 Å². The first-order valence-electron chi connectivity index (χ1n) is 10.6. The molecule has 1 aromatic carbocycles. The van der Waals surface area contributed by atoms with Crippen LogP contribution >= 0.6 is 0 Å². The third kappa shape index (κ3) is 5.81. The van der Waals surface area contributed by atoms with Crippen LogP contribution in [0.25, 0.3) is 0 Å². The van der Waals surface area contributed by atoms with Gasteiger partial charge in [-0.15, -0.1) is 0 Å². The second-order valence-corrected chi connectivity index (χ2v) is 6.68. The van der Waals surface area contributed by atoms with E-state index in [9.17, 15) is 9.59 Å². The molecule has 9 nitrogen and oxygen atoms in total. The van der Waals surface area contributed by atoms with Crippen molar-refractivity contribution in [3.05, 3.63) is 40.2 Å². The van der Waals surface area contributed by atoms with Crippen LogP contribution in [0.4, 0.5) is 0 Å². The van der Waals surface area contributed by atoms with Crippen molar-refractivity contribution in [2.45, 2.75) is 41.5 Å². The molecule has 0 spiro atoms. The Bertz CT molecular complexity index is 953. The number of carbonyl (C=O) groups excluding carboxylic acids is 2. The Morgan fingerprint density at radius 3 is 2.09 bits per heavy atom. The third-order valence-electron chi connectivity index (χ3n) is 4.49. The Morgan fingerprint density at radius 1 is 0.969 bits per heavy atom. The molecule has 32 heavy (non-hydrogen) atoms. The SMILES string of the molecule is CCOC(=O)c1c(C)[nH]c(/C=N/NC(=O)c2cc(OCC)c(OCC)c(OCC)c2)c1C. The van der Waals surface area contributed by atoms with E-state index in [1.54, 1.807) is 32.9 Å². The highest BCUT2D eigenvalue weighted by Gasteiger charge is 2.20. The Morgan fingerprint density at radius 2 is 1.56 bits per heavy atom. The first kappa shape index (κ1) is 24.8. The minimum absolute atomic E-state index is 0.290. The predicted octanol–water partition coefficient (Wildman–Crippen LogP) is 3.77. The van der Waals surface area contributed by atoms with E-state index >= 15 is 0 Å². The van der Waals surface area contributed by atoms with Gasteiger partial charge in [-0.1, -0.05) is 0 Å². The topological polar surface area (TPSA) is 111 Å². The quantitative estimate of drug-likeness (QED) is 0.309. The number of hydrazone groups is 1. The van der Waals surface area contributed by atoms with Gasteiger partial charge in [-0.25, -0.2) is 10.2 Å². The molecule has 0 bridgehead atoms. The van der Waals surface area contributed by atoms with Gasteiger partial charge in [0.05, 0.1) is 43.9 Å². The van der Waals surface area contributed by atoms with E-state index in [4.69, 9.17) is 18.9 Å². The number of nitrogens with one attached hydrogen (secondary N) is 2. The molecule has 2 aromatic rings. The second kappa shape index (κ2) is 11.8. The first-order valence-corrected chi connectivity index (χ1v) is 10.6. The molecule has 0 saturated carbocycles. The molecule has 2 rings (SSSR count). The molecule has 0 saturated heterocycles. The molecule has 1 aromatic heterocycles. The van der Waals surface area contributed by atoms with E-state index < -0.39 is 11.9 Å². The van der Waals surface area contributed by atoms with Gasteiger partial charge in [-0.05, 0) is 59.2 Å². The maximum atomic E-state index is 12.7. The predicted molar refractivity (Wildman–Crippen MR) is 121 cm³/mol. The van der Waals surface area contributed by atoms with Crippen LogP contribution in [0.2, 0.25) is 0 Å². The van der Waals surface area contributed by atoms with Gasteiger partial charge in [-0.2, -0.15) is 5.10 Å². The summed E-state index contributed by atoms with van der Waals surface area (Å²) in [6.07, 6.45) is 1.45. The summed E-state index contributed by atoms with van der Waals surface area (Å²) in [6, 6.07) is 3.18. The standard InChI is InChI=1S/C23H31N3O6/c1-7-29-18-11-16(12-19(30-8-2)21(18)31-9-3)22(27)26-24-13-17-14(5)20(15(6)25-17)23(28)32-10-4/h11-13,25H,7-10H2,1-6H3,(H,26,27)/b24-13+. The van der Waals surface area contributed by atoms with E-state index in [2.05, 4.69) is 15.5 Å². The van der Waals surface area contributed by atoms with Crippen LogP contribution in [0, 0.1) is 13.8 Å². The van der Waals surface area contributed by atoms with E-state index in [1.165, 1.54) is 6.21 Å². The zero-order valence-corrected chi connectivity index (χ0v) is 19.5. The lowest BCUT2D eigenvalue weighted by atomic mass is 10.1. The van der Waals surface area contributed by atoms with Crippen molar-refractivity contribution < 1.29 is 28.5 Å². The molecule has 0 radical (unpaired) electrons. The molecule has 0 unspecified atom stereocenters. The molecule has 0 aliphatic rings. The summed E-state index contributed by atoms with van der Waals surface area (Å²) in [5, 5.41) is 4.03.